The van der Waals surface area contributed by atoms with Crippen LogP contribution in [0.3, 0.4) is 0 Å². The van der Waals surface area contributed by atoms with Gasteiger partial charge in [0.05, 0.1) is 11.4 Å². The van der Waals surface area contributed by atoms with Gasteiger partial charge in [0, 0.05) is 25.2 Å². The molecule has 2 heterocycles. The summed E-state index contributed by atoms with van der Waals surface area (Å²) in [6.45, 7) is 2.49. The van der Waals surface area contributed by atoms with E-state index in [1.54, 1.807) is 13.0 Å². The Labute approximate surface area is 118 Å². The molecule has 1 aliphatic heterocycles. The molecule has 0 aliphatic carbocycles. The molecule has 0 unspecified atom stereocenters. The van der Waals surface area contributed by atoms with Crippen molar-refractivity contribution in [2.45, 2.75) is 26.1 Å². The van der Waals surface area contributed by atoms with Gasteiger partial charge < -0.3 is 5.32 Å². The smallest absolute Gasteiger partial charge is 0.311 e. The van der Waals surface area contributed by atoms with Gasteiger partial charge in [0.25, 0.3) is 0 Å². The van der Waals surface area contributed by atoms with Crippen molar-refractivity contribution in [2.75, 3.05) is 6.54 Å². The van der Waals surface area contributed by atoms with Crippen molar-refractivity contribution in [3.63, 3.8) is 0 Å². The lowest BCUT2D eigenvalue weighted by atomic mass is 10.1. The van der Waals surface area contributed by atoms with Crippen molar-refractivity contribution in [2.24, 2.45) is 0 Å². The van der Waals surface area contributed by atoms with E-state index in [1.807, 2.05) is 0 Å². The molecule has 1 N–H and O–H groups in total. The van der Waals surface area contributed by atoms with Crippen LogP contribution in [0, 0.1) is 12.7 Å². The summed E-state index contributed by atoms with van der Waals surface area (Å²) in [5.74, 6) is -1.75. The van der Waals surface area contributed by atoms with Crippen molar-refractivity contribution in [3.05, 3.63) is 46.8 Å². The standard InChI is InChI=1S/C14H13F4N3/c1-8-2-3-11(9(15)6-8)21-12-4-5-19-7-10(12)20-13(21)14(16,17)18/h2-3,6,19H,4-5,7H2,1H3. The van der Waals surface area contributed by atoms with Crippen LogP contribution in [0.2, 0.25) is 0 Å². The predicted octanol–water partition coefficient (Wildman–Crippen LogP) is 2.98. The van der Waals surface area contributed by atoms with Crippen molar-refractivity contribution in [3.8, 4) is 5.69 Å². The van der Waals surface area contributed by atoms with Crippen LogP contribution in [0.4, 0.5) is 17.6 Å². The van der Waals surface area contributed by atoms with Gasteiger partial charge in [-0.25, -0.2) is 9.37 Å². The fourth-order valence-corrected chi connectivity index (χ4v) is 2.55. The molecule has 0 saturated heterocycles. The molecule has 0 radical (unpaired) electrons. The van der Waals surface area contributed by atoms with Crippen LogP contribution in [-0.2, 0) is 19.1 Å². The van der Waals surface area contributed by atoms with E-state index in [1.165, 1.54) is 12.1 Å². The van der Waals surface area contributed by atoms with Crippen molar-refractivity contribution in [1.29, 1.82) is 0 Å². The number of hydrogen-bond acceptors (Lipinski definition) is 2. The van der Waals surface area contributed by atoms with Gasteiger partial charge in [-0.15, -0.1) is 0 Å². The highest BCUT2D eigenvalue weighted by atomic mass is 19.4. The maximum atomic E-state index is 14.1. The highest BCUT2D eigenvalue weighted by Crippen LogP contribution is 2.34. The number of rotatable bonds is 1. The molecule has 0 bridgehead atoms. The third-order valence-corrected chi connectivity index (χ3v) is 3.48. The molecule has 7 heteroatoms. The first kappa shape index (κ1) is 14.1. The molecule has 112 valence electrons. The van der Waals surface area contributed by atoms with Crippen LogP contribution >= 0.6 is 0 Å². The van der Waals surface area contributed by atoms with E-state index in [4.69, 9.17) is 0 Å². The lowest BCUT2D eigenvalue weighted by molar-refractivity contribution is -0.146. The fourth-order valence-electron chi connectivity index (χ4n) is 2.55. The Kier molecular flexibility index (Phi) is 3.24. The highest BCUT2D eigenvalue weighted by Gasteiger charge is 2.40. The minimum atomic E-state index is -4.63. The van der Waals surface area contributed by atoms with Gasteiger partial charge in [0.1, 0.15) is 5.82 Å². The molecule has 1 aromatic carbocycles. The van der Waals surface area contributed by atoms with Crippen molar-refractivity contribution < 1.29 is 17.6 Å². The van der Waals surface area contributed by atoms with E-state index < -0.39 is 17.8 Å². The SMILES string of the molecule is Cc1ccc(-n2c(C(F)(F)F)nc3c2CCNC3)c(F)c1. The van der Waals surface area contributed by atoms with Crippen LogP contribution in [0.5, 0.6) is 0 Å². The summed E-state index contributed by atoms with van der Waals surface area (Å²) in [4.78, 5) is 3.67. The topological polar surface area (TPSA) is 29.9 Å². The van der Waals surface area contributed by atoms with Gasteiger partial charge in [-0.1, -0.05) is 6.07 Å². The second-order valence-corrected chi connectivity index (χ2v) is 5.04. The Hall–Kier alpha value is -1.89. The second-order valence-electron chi connectivity index (χ2n) is 5.04. The molecule has 0 fully saturated rings. The zero-order chi connectivity index (χ0) is 15.2. The van der Waals surface area contributed by atoms with Crippen LogP contribution in [0.15, 0.2) is 18.2 Å². The van der Waals surface area contributed by atoms with Gasteiger partial charge in [0.2, 0.25) is 5.82 Å². The number of nitrogens with one attached hydrogen (secondary N) is 1. The lowest BCUT2D eigenvalue weighted by Crippen LogP contribution is -2.25. The Balaban J connectivity index is 2.27. The predicted molar refractivity (Wildman–Crippen MR) is 68.7 cm³/mol. The first-order chi connectivity index (χ1) is 9.88. The first-order valence-corrected chi connectivity index (χ1v) is 6.53. The van der Waals surface area contributed by atoms with Gasteiger partial charge >= 0.3 is 6.18 Å². The zero-order valence-corrected chi connectivity index (χ0v) is 11.3. The Bertz CT molecular complexity index is 688. The third-order valence-electron chi connectivity index (χ3n) is 3.48. The normalized spacial score (nSPS) is 15.1. The average Bonchev–Trinajstić information content (AvgIpc) is 2.78. The summed E-state index contributed by atoms with van der Waals surface area (Å²) in [7, 11) is 0. The number of imidazole rings is 1. The number of hydrogen-bond donors (Lipinski definition) is 1. The zero-order valence-electron chi connectivity index (χ0n) is 11.3. The monoisotopic (exact) mass is 299 g/mol. The number of aromatic nitrogens is 2. The number of alkyl halides is 3. The molecule has 0 saturated carbocycles. The van der Waals surface area contributed by atoms with Gasteiger partial charge in [-0.05, 0) is 24.6 Å². The van der Waals surface area contributed by atoms with Crippen LogP contribution in [0.1, 0.15) is 22.8 Å². The molecule has 2 aromatic rings. The summed E-state index contributed by atoms with van der Waals surface area (Å²) in [6, 6.07) is 4.18. The minimum absolute atomic E-state index is 0.108. The van der Waals surface area contributed by atoms with Crippen molar-refractivity contribution >= 4 is 0 Å². The maximum Gasteiger partial charge on any atom is 0.450 e. The minimum Gasteiger partial charge on any atom is -0.311 e. The van der Waals surface area contributed by atoms with Crippen LogP contribution in [-0.4, -0.2) is 16.1 Å². The maximum absolute atomic E-state index is 14.1. The van der Waals surface area contributed by atoms with E-state index in [0.29, 0.717) is 29.9 Å². The summed E-state index contributed by atoms with van der Waals surface area (Å²) < 4.78 is 54.6. The number of halogens is 4. The lowest BCUT2D eigenvalue weighted by Gasteiger charge is -2.17. The summed E-state index contributed by atoms with van der Waals surface area (Å²) in [6.07, 6.45) is -4.25. The van der Waals surface area contributed by atoms with Gasteiger partial charge in [0.15, 0.2) is 0 Å². The van der Waals surface area contributed by atoms with E-state index in [0.717, 1.165) is 4.57 Å². The number of nitrogens with zero attached hydrogens (tertiary/aromatic N) is 2. The molecule has 21 heavy (non-hydrogen) atoms. The van der Waals surface area contributed by atoms with Crippen molar-refractivity contribution in [1.82, 2.24) is 14.9 Å². The van der Waals surface area contributed by atoms with Gasteiger partial charge in [-0.2, -0.15) is 13.2 Å². The summed E-state index contributed by atoms with van der Waals surface area (Å²) >= 11 is 0. The van der Waals surface area contributed by atoms with E-state index in [-0.39, 0.29) is 12.2 Å². The second kappa shape index (κ2) is 4.84. The summed E-state index contributed by atoms with van der Waals surface area (Å²) in [5, 5.41) is 2.97. The molecule has 3 rings (SSSR count). The van der Waals surface area contributed by atoms with E-state index >= 15 is 0 Å². The third kappa shape index (κ3) is 2.42. The quantitative estimate of drug-likeness (QED) is 0.820. The molecule has 1 aromatic heterocycles. The molecule has 0 atom stereocenters. The van der Waals surface area contributed by atoms with Gasteiger partial charge in [-0.3, -0.25) is 4.57 Å². The molecule has 3 nitrogen and oxygen atoms in total. The number of fused-ring (bicyclic) bond motifs is 1. The summed E-state index contributed by atoms with van der Waals surface area (Å²) in [5.41, 5.74) is 1.29. The molecule has 0 amide bonds. The molecule has 1 aliphatic rings. The highest BCUT2D eigenvalue weighted by molar-refractivity contribution is 5.42. The van der Waals surface area contributed by atoms with Crippen LogP contribution in [0.25, 0.3) is 5.69 Å². The molecular formula is C14H13F4N3. The number of benzene rings is 1. The Morgan fingerprint density at radius 1 is 1.29 bits per heavy atom. The average molecular weight is 299 g/mol. The number of aryl methyl sites for hydroxylation is 1. The molecular weight excluding hydrogens is 286 g/mol. The molecule has 0 spiro atoms. The Morgan fingerprint density at radius 3 is 2.71 bits per heavy atom. The largest absolute Gasteiger partial charge is 0.450 e. The first-order valence-electron chi connectivity index (χ1n) is 6.53. The van der Waals surface area contributed by atoms with E-state index in [2.05, 4.69) is 10.3 Å². The van der Waals surface area contributed by atoms with Crippen LogP contribution < -0.4 is 5.32 Å². The van der Waals surface area contributed by atoms with E-state index in [9.17, 15) is 17.6 Å². The Morgan fingerprint density at radius 2 is 2.05 bits per heavy atom. The fraction of sp³-hybridized carbons (Fsp3) is 0.357.